The lowest BCUT2D eigenvalue weighted by Gasteiger charge is -2.02. The average Bonchev–Trinajstić information content (AvgIpc) is 2.80. The molecule has 2 rings (SSSR count). The lowest BCUT2D eigenvalue weighted by Crippen LogP contribution is -2.03. The average molecular weight is 269 g/mol. The molecule has 6 heteroatoms. The van der Waals surface area contributed by atoms with Gasteiger partial charge in [-0.25, -0.2) is 0 Å². The molecule has 1 aromatic rings. The van der Waals surface area contributed by atoms with Crippen LogP contribution in [0.15, 0.2) is 45.8 Å². The monoisotopic (exact) mass is 269 g/mol. The maximum atomic E-state index is 11.7. The van der Waals surface area contributed by atoms with E-state index in [1.807, 2.05) is 18.4 Å². The molecule has 0 aromatic heterocycles. The quantitative estimate of drug-likeness (QED) is 0.792. The van der Waals surface area contributed by atoms with Crippen LogP contribution in [-0.2, 0) is 14.4 Å². The first-order chi connectivity index (χ1) is 8.08. The first-order valence-electron chi connectivity index (χ1n) is 4.97. The van der Waals surface area contributed by atoms with E-state index in [1.54, 1.807) is 12.1 Å². The highest BCUT2D eigenvalue weighted by atomic mass is 32.2. The summed E-state index contributed by atoms with van der Waals surface area (Å²) in [6.07, 6.45) is 2.51. The zero-order valence-electron chi connectivity index (χ0n) is 9.16. The van der Waals surface area contributed by atoms with E-state index in [0.717, 1.165) is 5.56 Å². The van der Waals surface area contributed by atoms with Crippen LogP contribution in [0.5, 0.6) is 0 Å². The van der Waals surface area contributed by atoms with Gasteiger partial charge in [0.1, 0.15) is 9.94 Å². The number of oxime groups is 1. The van der Waals surface area contributed by atoms with Crippen LogP contribution in [0.25, 0.3) is 0 Å². The summed E-state index contributed by atoms with van der Waals surface area (Å²) in [6, 6.07) is 6.44. The van der Waals surface area contributed by atoms with Crippen LogP contribution < -0.4 is 0 Å². The van der Waals surface area contributed by atoms with Crippen molar-refractivity contribution in [2.45, 2.75) is 18.2 Å². The molecule has 90 valence electrons. The van der Waals surface area contributed by atoms with Crippen LogP contribution >= 0.6 is 11.8 Å². The van der Waals surface area contributed by atoms with Crippen LogP contribution in [0.1, 0.15) is 12.0 Å². The molecule has 0 N–H and O–H groups in total. The molecule has 1 aliphatic rings. The van der Waals surface area contributed by atoms with Gasteiger partial charge in [0.15, 0.2) is 0 Å². The number of allylic oxidation sites excluding steroid dienone is 1. The topological polar surface area (TPSA) is 55.7 Å². The number of nitrogens with zero attached hydrogens (tertiary/aromatic N) is 1. The third-order valence-electron chi connectivity index (χ3n) is 2.14. The maximum absolute atomic E-state index is 11.7. The van der Waals surface area contributed by atoms with Gasteiger partial charge in [-0.2, -0.15) is 8.42 Å². The van der Waals surface area contributed by atoms with Crippen molar-refractivity contribution < 1.29 is 12.7 Å². The first-order valence-corrected chi connectivity index (χ1v) is 7.25. The molecule has 0 unspecified atom stereocenters. The summed E-state index contributed by atoms with van der Waals surface area (Å²) in [5.41, 5.74) is 0.991. The number of thioether (sulfide) groups is 1. The zero-order chi connectivity index (χ0) is 12.3. The summed E-state index contributed by atoms with van der Waals surface area (Å²) < 4.78 is 28.1. The van der Waals surface area contributed by atoms with Crippen LogP contribution in [0.2, 0.25) is 0 Å². The van der Waals surface area contributed by atoms with E-state index in [9.17, 15) is 8.42 Å². The lowest BCUT2D eigenvalue weighted by atomic mass is 10.2. The summed E-state index contributed by atoms with van der Waals surface area (Å²) in [6.45, 7) is 1.89. The molecule has 0 fully saturated rings. The normalized spacial score (nSPS) is 17.6. The third-order valence-corrected chi connectivity index (χ3v) is 4.10. The Bertz CT molecular complexity index is 549. The van der Waals surface area contributed by atoms with Gasteiger partial charge >= 0.3 is 10.1 Å². The molecule has 0 spiro atoms. The molecule has 17 heavy (non-hydrogen) atoms. The van der Waals surface area contributed by atoms with Crippen LogP contribution in [-0.4, -0.2) is 13.5 Å². The Morgan fingerprint density at radius 3 is 2.59 bits per heavy atom. The second-order valence-corrected chi connectivity index (χ2v) is 6.03. The smallest absolute Gasteiger partial charge is 0.264 e. The summed E-state index contributed by atoms with van der Waals surface area (Å²) >= 11 is 1.36. The number of aryl methyl sites for hydroxylation is 1. The Morgan fingerprint density at radius 1 is 1.29 bits per heavy atom. The predicted octanol–water partition coefficient (Wildman–Crippen LogP) is 2.66. The van der Waals surface area contributed by atoms with Crippen LogP contribution in [0.3, 0.4) is 0 Å². The van der Waals surface area contributed by atoms with E-state index in [0.29, 0.717) is 11.5 Å². The van der Waals surface area contributed by atoms with Gasteiger partial charge in [-0.15, -0.1) is 0 Å². The highest BCUT2D eigenvalue weighted by molar-refractivity contribution is 8.16. The van der Waals surface area contributed by atoms with Gasteiger partial charge in [0.25, 0.3) is 0 Å². The molecule has 1 aliphatic heterocycles. The van der Waals surface area contributed by atoms with E-state index in [1.165, 1.54) is 23.9 Å². The van der Waals surface area contributed by atoms with Crippen molar-refractivity contribution in [1.82, 2.24) is 0 Å². The summed E-state index contributed by atoms with van der Waals surface area (Å²) in [5.74, 6) is 0. The van der Waals surface area contributed by atoms with Crippen molar-refractivity contribution in [3.8, 4) is 0 Å². The minimum absolute atomic E-state index is 0.114. The first kappa shape index (κ1) is 12.2. The Morgan fingerprint density at radius 2 is 2.00 bits per heavy atom. The van der Waals surface area contributed by atoms with E-state index in [2.05, 4.69) is 9.44 Å². The SMILES string of the molecule is Cc1ccc(S(=O)(=O)ON=C2CC=CS2)cc1. The Hall–Kier alpha value is -1.27. The molecule has 0 aliphatic carbocycles. The highest BCUT2D eigenvalue weighted by Crippen LogP contribution is 2.20. The molecule has 0 amide bonds. The standard InChI is InChI=1S/C11H11NO3S2/c1-9-4-6-10(7-5-9)17(13,14)15-12-11-3-2-8-16-11/h2,4-8H,3H2,1H3. The van der Waals surface area contributed by atoms with Crippen molar-refractivity contribution in [2.24, 2.45) is 5.16 Å². The lowest BCUT2D eigenvalue weighted by molar-refractivity contribution is 0.339. The van der Waals surface area contributed by atoms with Gasteiger partial charge in [0, 0.05) is 6.42 Å². The molecule has 0 bridgehead atoms. The molecule has 0 atom stereocenters. The molecule has 0 radical (unpaired) electrons. The predicted molar refractivity (Wildman–Crippen MR) is 68.2 cm³/mol. The van der Waals surface area contributed by atoms with Crippen LogP contribution in [0.4, 0.5) is 0 Å². The van der Waals surface area contributed by atoms with Gasteiger partial charge in [-0.1, -0.05) is 40.7 Å². The third kappa shape index (κ3) is 3.10. The molecular weight excluding hydrogens is 258 g/mol. The largest absolute Gasteiger partial charge is 0.358 e. The second-order valence-electron chi connectivity index (χ2n) is 3.52. The van der Waals surface area contributed by atoms with E-state index < -0.39 is 10.1 Å². The minimum atomic E-state index is -3.79. The van der Waals surface area contributed by atoms with Gasteiger partial charge in [-0.05, 0) is 24.5 Å². The van der Waals surface area contributed by atoms with Crippen molar-refractivity contribution in [3.63, 3.8) is 0 Å². The molecule has 0 saturated carbocycles. The second kappa shape index (κ2) is 4.93. The summed E-state index contributed by atoms with van der Waals surface area (Å²) in [4.78, 5) is 0.114. The Kier molecular flexibility index (Phi) is 3.54. The fourth-order valence-corrected chi connectivity index (χ4v) is 2.63. The van der Waals surface area contributed by atoms with Crippen molar-refractivity contribution in [2.75, 3.05) is 0 Å². The molecule has 0 saturated heterocycles. The summed E-state index contributed by atoms with van der Waals surface area (Å²) in [7, 11) is -3.79. The fraction of sp³-hybridized carbons (Fsp3) is 0.182. The number of hydrogen-bond acceptors (Lipinski definition) is 5. The van der Waals surface area contributed by atoms with E-state index in [-0.39, 0.29) is 4.90 Å². The van der Waals surface area contributed by atoms with Crippen LogP contribution in [0, 0.1) is 6.92 Å². The zero-order valence-corrected chi connectivity index (χ0v) is 10.8. The Labute approximate surface area is 104 Å². The van der Waals surface area contributed by atoms with Gasteiger partial charge < -0.3 is 0 Å². The van der Waals surface area contributed by atoms with Crippen molar-refractivity contribution >= 4 is 26.9 Å². The molecular formula is C11H11NO3S2. The van der Waals surface area contributed by atoms with Crippen molar-refractivity contribution in [3.05, 3.63) is 41.3 Å². The van der Waals surface area contributed by atoms with E-state index >= 15 is 0 Å². The Balaban J connectivity index is 2.14. The summed E-state index contributed by atoms with van der Waals surface area (Å²) in [5, 5.41) is 6.11. The molecule has 1 aromatic carbocycles. The maximum Gasteiger partial charge on any atom is 0.358 e. The van der Waals surface area contributed by atoms with Gasteiger partial charge in [0.2, 0.25) is 0 Å². The van der Waals surface area contributed by atoms with Gasteiger partial charge in [0.05, 0.1) is 0 Å². The fourth-order valence-electron chi connectivity index (χ4n) is 1.22. The van der Waals surface area contributed by atoms with Gasteiger partial charge in [-0.3, -0.25) is 4.28 Å². The van der Waals surface area contributed by atoms with Crippen molar-refractivity contribution in [1.29, 1.82) is 0 Å². The highest BCUT2D eigenvalue weighted by Gasteiger charge is 2.16. The minimum Gasteiger partial charge on any atom is -0.264 e. The molecule has 1 heterocycles. The number of rotatable bonds is 3. The molecule has 4 nitrogen and oxygen atoms in total. The number of benzene rings is 1. The number of hydrogen-bond donors (Lipinski definition) is 0. The van der Waals surface area contributed by atoms with E-state index in [4.69, 9.17) is 0 Å².